The van der Waals surface area contributed by atoms with Crippen LogP contribution in [0.25, 0.3) is 10.8 Å². The molecule has 2 N–H and O–H groups in total. The van der Waals surface area contributed by atoms with Crippen molar-refractivity contribution < 1.29 is 28.2 Å². The molecule has 3 rings (SSSR count). The zero-order valence-electron chi connectivity index (χ0n) is 13.1. The van der Waals surface area contributed by atoms with Gasteiger partial charge in [-0.2, -0.15) is 13.2 Å². The van der Waals surface area contributed by atoms with Gasteiger partial charge in [-0.15, -0.1) is 0 Å². The number of aromatic hydroxyl groups is 2. The van der Waals surface area contributed by atoms with E-state index in [4.69, 9.17) is 0 Å². The van der Waals surface area contributed by atoms with Crippen molar-refractivity contribution in [2.24, 2.45) is 0 Å². The minimum atomic E-state index is -4.50. The Hall–Kier alpha value is -3.02. The van der Waals surface area contributed by atoms with Crippen LogP contribution in [0.4, 0.5) is 13.2 Å². The third kappa shape index (κ3) is 2.80. The zero-order chi connectivity index (χ0) is 18.4. The number of phenolic OH excluding ortho intramolecular Hbond substituents is 2. The largest absolute Gasteiger partial charge is 0.507 e. The van der Waals surface area contributed by atoms with Gasteiger partial charge in [0.15, 0.2) is 5.78 Å². The molecule has 128 valence electrons. The zero-order valence-corrected chi connectivity index (χ0v) is 13.1. The predicted octanol–water partition coefficient (Wildman–Crippen LogP) is 4.81. The van der Waals surface area contributed by atoms with Gasteiger partial charge in [-0.1, -0.05) is 36.4 Å². The predicted molar refractivity (Wildman–Crippen MR) is 86.9 cm³/mol. The highest BCUT2D eigenvalue weighted by Crippen LogP contribution is 2.40. The summed E-state index contributed by atoms with van der Waals surface area (Å²) < 4.78 is 37.9. The Bertz CT molecular complexity index is 974. The lowest BCUT2D eigenvalue weighted by atomic mass is 9.93. The lowest BCUT2D eigenvalue weighted by Gasteiger charge is -2.14. The lowest BCUT2D eigenvalue weighted by molar-refractivity contribution is -0.137. The Labute approximate surface area is 141 Å². The summed E-state index contributed by atoms with van der Waals surface area (Å²) in [6.07, 6.45) is -4.50. The molecule has 0 aliphatic heterocycles. The molecular formula is C19H13F3O3. The molecule has 0 bridgehead atoms. The molecule has 0 radical (unpaired) electrons. The molecule has 3 aromatic carbocycles. The second-order valence-electron chi connectivity index (χ2n) is 5.65. The van der Waals surface area contributed by atoms with E-state index in [0.29, 0.717) is 10.8 Å². The maximum Gasteiger partial charge on any atom is 0.416 e. The lowest BCUT2D eigenvalue weighted by Crippen LogP contribution is -2.08. The normalized spacial score (nSPS) is 11.7. The van der Waals surface area contributed by atoms with Crippen molar-refractivity contribution >= 4 is 16.6 Å². The fraction of sp³-hybridized carbons (Fsp3) is 0.105. The maximum absolute atomic E-state index is 12.7. The van der Waals surface area contributed by atoms with Gasteiger partial charge in [-0.3, -0.25) is 4.79 Å². The Morgan fingerprint density at radius 2 is 1.40 bits per heavy atom. The van der Waals surface area contributed by atoms with E-state index in [-0.39, 0.29) is 28.2 Å². The quantitative estimate of drug-likeness (QED) is 0.517. The van der Waals surface area contributed by atoms with Gasteiger partial charge < -0.3 is 10.2 Å². The molecule has 0 saturated heterocycles. The Kier molecular flexibility index (Phi) is 3.91. The van der Waals surface area contributed by atoms with E-state index in [1.54, 1.807) is 24.3 Å². The molecule has 0 amide bonds. The highest BCUT2D eigenvalue weighted by molar-refractivity contribution is 6.15. The first-order valence-corrected chi connectivity index (χ1v) is 7.37. The molecule has 0 atom stereocenters. The van der Waals surface area contributed by atoms with E-state index in [2.05, 4.69) is 0 Å². The molecule has 0 aromatic heterocycles. The van der Waals surface area contributed by atoms with Crippen LogP contribution >= 0.6 is 0 Å². The first kappa shape index (κ1) is 16.8. The van der Waals surface area contributed by atoms with Gasteiger partial charge in [0.2, 0.25) is 0 Å². The first-order chi connectivity index (χ1) is 11.7. The molecule has 3 nitrogen and oxygen atoms in total. The second-order valence-corrected chi connectivity index (χ2v) is 5.65. The summed E-state index contributed by atoms with van der Waals surface area (Å²) in [7, 11) is 0. The number of ketones is 1. The number of phenols is 2. The first-order valence-electron chi connectivity index (χ1n) is 7.37. The number of halogens is 3. The number of alkyl halides is 3. The third-order valence-corrected chi connectivity index (χ3v) is 4.11. The number of carbonyl (C=O) groups is 1. The highest BCUT2D eigenvalue weighted by atomic mass is 19.4. The number of rotatable bonds is 2. The summed E-state index contributed by atoms with van der Waals surface area (Å²) >= 11 is 0. The highest BCUT2D eigenvalue weighted by Gasteiger charge is 2.30. The molecule has 0 aliphatic rings. The van der Waals surface area contributed by atoms with Crippen LogP contribution in [-0.4, -0.2) is 16.0 Å². The molecule has 3 aromatic rings. The topological polar surface area (TPSA) is 57.5 Å². The minimum absolute atomic E-state index is 0.0129. The molecule has 25 heavy (non-hydrogen) atoms. The average molecular weight is 346 g/mol. The summed E-state index contributed by atoms with van der Waals surface area (Å²) in [5.74, 6) is -1.12. The van der Waals surface area contributed by atoms with E-state index in [9.17, 15) is 28.2 Å². The fourth-order valence-corrected chi connectivity index (χ4v) is 2.76. The molecule has 6 heteroatoms. The van der Waals surface area contributed by atoms with Crippen LogP contribution in [0.1, 0.15) is 27.0 Å². The molecule has 0 unspecified atom stereocenters. The molecule has 0 saturated carbocycles. The van der Waals surface area contributed by atoms with E-state index in [1.165, 1.54) is 6.92 Å². The van der Waals surface area contributed by atoms with Gasteiger partial charge in [0.05, 0.1) is 11.1 Å². The standard InChI is InChI=1S/C19H13F3O3/c1-10-15(18(25)14-5-3-2-4-13(14)16(10)23)17(24)11-6-8-12(9-7-11)19(20,21)22/h2-9,23,25H,1H3. The van der Waals surface area contributed by atoms with Gasteiger partial charge in [-0.05, 0) is 19.1 Å². The van der Waals surface area contributed by atoms with Crippen molar-refractivity contribution in [3.05, 3.63) is 70.8 Å². The number of carbonyl (C=O) groups excluding carboxylic acids is 1. The van der Waals surface area contributed by atoms with Gasteiger partial charge in [0.1, 0.15) is 11.5 Å². The summed E-state index contributed by atoms with van der Waals surface area (Å²) in [5, 5.41) is 21.4. The third-order valence-electron chi connectivity index (χ3n) is 4.11. The van der Waals surface area contributed by atoms with E-state index in [1.807, 2.05) is 0 Å². The van der Waals surface area contributed by atoms with Crippen LogP contribution < -0.4 is 0 Å². The van der Waals surface area contributed by atoms with Crippen molar-refractivity contribution in [1.82, 2.24) is 0 Å². The van der Waals surface area contributed by atoms with Crippen LogP contribution in [0.15, 0.2) is 48.5 Å². The second kappa shape index (κ2) is 5.81. The Balaban J connectivity index is 2.15. The number of fused-ring (bicyclic) bond motifs is 1. The van der Waals surface area contributed by atoms with Crippen molar-refractivity contribution in [2.45, 2.75) is 13.1 Å². The SMILES string of the molecule is Cc1c(C(=O)c2ccc(C(F)(F)F)cc2)c(O)c2ccccc2c1O. The van der Waals surface area contributed by atoms with Crippen molar-refractivity contribution in [3.8, 4) is 11.5 Å². The molecule has 0 heterocycles. The summed E-state index contributed by atoms with van der Waals surface area (Å²) in [6.45, 7) is 1.47. The van der Waals surface area contributed by atoms with Gasteiger partial charge in [-0.25, -0.2) is 0 Å². The summed E-state index contributed by atoms with van der Waals surface area (Å²) in [6, 6.07) is 10.2. The van der Waals surface area contributed by atoms with Crippen LogP contribution in [0.2, 0.25) is 0 Å². The van der Waals surface area contributed by atoms with Crippen LogP contribution in [0.3, 0.4) is 0 Å². The molecule has 0 aliphatic carbocycles. The Morgan fingerprint density at radius 3 is 1.92 bits per heavy atom. The molecule has 0 spiro atoms. The smallest absolute Gasteiger partial charge is 0.416 e. The van der Waals surface area contributed by atoms with Gasteiger partial charge >= 0.3 is 6.18 Å². The summed E-state index contributed by atoms with van der Waals surface area (Å²) in [5.41, 5.74) is -0.843. The number of benzene rings is 3. The average Bonchev–Trinajstić information content (AvgIpc) is 2.59. The van der Waals surface area contributed by atoms with Crippen molar-refractivity contribution in [3.63, 3.8) is 0 Å². The number of hydrogen-bond acceptors (Lipinski definition) is 3. The fourth-order valence-electron chi connectivity index (χ4n) is 2.76. The van der Waals surface area contributed by atoms with E-state index < -0.39 is 17.5 Å². The van der Waals surface area contributed by atoms with Crippen LogP contribution in [0.5, 0.6) is 11.5 Å². The van der Waals surface area contributed by atoms with Crippen molar-refractivity contribution in [1.29, 1.82) is 0 Å². The maximum atomic E-state index is 12.7. The van der Waals surface area contributed by atoms with Crippen LogP contribution in [0, 0.1) is 6.92 Å². The minimum Gasteiger partial charge on any atom is -0.507 e. The summed E-state index contributed by atoms with van der Waals surface area (Å²) in [4.78, 5) is 12.7. The van der Waals surface area contributed by atoms with Crippen LogP contribution in [-0.2, 0) is 6.18 Å². The Morgan fingerprint density at radius 1 is 0.880 bits per heavy atom. The van der Waals surface area contributed by atoms with Crippen molar-refractivity contribution in [2.75, 3.05) is 0 Å². The van der Waals surface area contributed by atoms with Gasteiger partial charge in [0.25, 0.3) is 0 Å². The van der Waals surface area contributed by atoms with E-state index in [0.717, 1.165) is 24.3 Å². The number of hydrogen-bond donors (Lipinski definition) is 2. The van der Waals surface area contributed by atoms with E-state index >= 15 is 0 Å². The van der Waals surface area contributed by atoms with Gasteiger partial charge in [0, 0.05) is 21.9 Å². The molecule has 0 fully saturated rings. The monoisotopic (exact) mass is 346 g/mol. The molecular weight excluding hydrogens is 333 g/mol.